The number of rotatable bonds is 13. The fraction of sp³-hybridized carbons (Fsp3) is 0.389. The second-order valence-corrected chi connectivity index (χ2v) is 11.2. The molecule has 44 heavy (non-hydrogen) atoms. The molecule has 2 atom stereocenters. The summed E-state index contributed by atoms with van der Waals surface area (Å²) >= 11 is 0. The molecule has 3 aromatic rings. The molecule has 0 unspecified atom stereocenters. The summed E-state index contributed by atoms with van der Waals surface area (Å²) in [7, 11) is 0. The maximum atomic E-state index is 13.6. The number of ether oxygens (including phenoxy) is 3. The monoisotopic (exact) mass is 598 g/mol. The normalized spacial score (nSPS) is 18.9. The SMILES string of the molecule is CCOc1cc([C@@H]2/C(=C(\O)c3ccc4c(c3)C[C@@H](C)O4)C(=O)C(=O)N2CCCN(CC)CC)ccc1OCc1ccccc1. The van der Waals surface area contributed by atoms with E-state index in [0.717, 1.165) is 36.5 Å². The Bertz CT molecular complexity index is 1510. The zero-order valence-corrected chi connectivity index (χ0v) is 26.0. The van der Waals surface area contributed by atoms with Crippen LogP contribution in [0.5, 0.6) is 17.2 Å². The van der Waals surface area contributed by atoms with Gasteiger partial charge in [0.2, 0.25) is 0 Å². The number of benzene rings is 3. The van der Waals surface area contributed by atoms with Crippen molar-refractivity contribution in [3.8, 4) is 17.2 Å². The van der Waals surface area contributed by atoms with Gasteiger partial charge in [0.1, 0.15) is 24.2 Å². The van der Waals surface area contributed by atoms with Gasteiger partial charge in [-0.1, -0.05) is 50.2 Å². The van der Waals surface area contributed by atoms with Crippen LogP contribution in [0.1, 0.15) is 62.4 Å². The van der Waals surface area contributed by atoms with E-state index in [4.69, 9.17) is 14.2 Å². The Balaban J connectivity index is 1.53. The largest absolute Gasteiger partial charge is 0.507 e. The van der Waals surface area contributed by atoms with Crippen molar-refractivity contribution in [3.05, 3.63) is 94.6 Å². The van der Waals surface area contributed by atoms with Crippen molar-refractivity contribution in [3.63, 3.8) is 0 Å². The van der Waals surface area contributed by atoms with E-state index in [-0.39, 0.29) is 17.4 Å². The molecule has 2 aliphatic rings. The van der Waals surface area contributed by atoms with Crippen molar-refractivity contribution in [1.29, 1.82) is 0 Å². The number of aliphatic hydroxyl groups excluding tert-OH is 1. The summed E-state index contributed by atoms with van der Waals surface area (Å²) in [6.07, 6.45) is 1.44. The summed E-state index contributed by atoms with van der Waals surface area (Å²) in [5, 5.41) is 11.7. The van der Waals surface area contributed by atoms with Crippen LogP contribution in [-0.2, 0) is 22.6 Å². The van der Waals surface area contributed by atoms with Gasteiger partial charge in [0.25, 0.3) is 11.7 Å². The van der Waals surface area contributed by atoms with Crippen LogP contribution in [0.2, 0.25) is 0 Å². The summed E-state index contributed by atoms with van der Waals surface area (Å²) in [6, 6.07) is 20.0. The average Bonchev–Trinajstić information content (AvgIpc) is 3.53. The molecule has 5 rings (SSSR count). The molecule has 3 aromatic carbocycles. The van der Waals surface area contributed by atoms with Crippen LogP contribution in [0, 0.1) is 0 Å². The van der Waals surface area contributed by atoms with Crippen molar-refractivity contribution in [1.82, 2.24) is 9.80 Å². The van der Waals surface area contributed by atoms with Crippen LogP contribution in [0.15, 0.2) is 72.3 Å². The predicted molar refractivity (Wildman–Crippen MR) is 170 cm³/mol. The molecule has 0 radical (unpaired) electrons. The van der Waals surface area contributed by atoms with E-state index >= 15 is 0 Å². The van der Waals surface area contributed by atoms with Crippen molar-refractivity contribution in [2.75, 3.05) is 32.8 Å². The summed E-state index contributed by atoms with van der Waals surface area (Å²) in [6.45, 7) is 11.8. The first-order chi connectivity index (χ1) is 21.3. The van der Waals surface area contributed by atoms with Crippen LogP contribution >= 0.6 is 0 Å². The molecule has 1 N–H and O–H groups in total. The lowest BCUT2D eigenvalue weighted by molar-refractivity contribution is -0.140. The molecule has 2 heterocycles. The van der Waals surface area contributed by atoms with Crippen molar-refractivity contribution >= 4 is 17.4 Å². The summed E-state index contributed by atoms with van der Waals surface area (Å²) in [4.78, 5) is 31.1. The Hall–Kier alpha value is -4.30. The van der Waals surface area contributed by atoms with E-state index < -0.39 is 17.7 Å². The standard InChI is InChI=1S/C36H42N2O6/c1-5-37(6-2)18-11-19-38-33(26-14-17-30(31(22-26)42-7-3)43-23-25-12-9-8-10-13-25)32(35(40)36(38)41)34(39)27-15-16-29-28(21-27)20-24(4)44-29/h8-10,12-17,21-22,24,33,39H,5-7,11,18-20,23H2,1-4H3/b34-32+/t24-,33-/m1/s1. The number of hydrogen-bond donors (Lipinski definition) is 1. The Morgan fingerprint density at radius 2 is 1.75 bits per heavy atom. The van der Waals surface area contributed by atoms with Gasteiger partial charge < -0.3 is 29.1 Å². The highest BCUT2D eigenvalue weighted by molar-refractivity contribution is 6.46. The molecule has 1 amide bonds. The van der Waals surface area contributed by atoms with E-state index in [1.165, 1.54) is 0 Å². The fourth-order valence-corrected chi connectivity index (χ4v) is 6.00. The van der Waals surface area contributed by atoms with Crippen molar-refractivity contribution < 1.29 is 28.9 Å². The number of Topliss-reactive ketones (excluding diaryl/α,β-unsaturated/α-hetero) is 1. The van der Waals surface area contributed by atoms with Gasteiger partial charge >= 0.3 is 0 Å². The molecule has 0 aliphatic carbocycles. The van der Waals surface area contributed by atoms with E-state index in [2.05, 4.69) is 18.7 Å². The lowest BCUT2D eigenvalue weighted by Gasteiger charge is -2.27. The van der Waals surface area contributed by atoms with Crippen LogP contribution < -0.4 is 14.2 Å². The Morgan fingerprint density at radius 1 is 0.977 bits per heavy atom. The van der Waals surface area contributed by atoms with Gasteiger partial charge in [-0.25, -0.2) is 0 Å². The van der Waals surface area contributed by atoms with Crippen molar-refractivity contribution in [2.24, 2.45) is 0 Å². The number of fused-ring (bicyclic) bond motifs is 1. The van der Waals surface area contributed by atoms with Crippen LogP contribution in [0.3, 0.4) is 0 Å². The lowest BCUT2D eigenvalue weighted by Crippen LogP contribution is -2.33. The highest BCUT2D eigenvalue weighted by Gasteiger charge is 2.46. The van der Waals surface area contributed by atoms with Crippen molar-refractivity contribution in [2.45, 2.75) is 59.3 Å². The molecule has 8 nitrogen and oxygen atoms in total. The highest BCUT2D eigenvalue weighted by atomic mass is 16.5. The first-order valence-electron chi connectivity index (χ1n) is 15.6. The number of hydrogen-bond acceptors (Lipinski definition) is 7. The second-order valence-electron chi connectivity index (χ2n) is 11.2. The minimum absolute atomic E-state index is 0.0402. The van der Waals surface area contributed by atoms with E-state index in [1.807, 2.05) is 74.5 Å². The van der Waals surface area contributed by atoms with Gasteiger partial charge in [-0.15, -0.1) is 0 Å². The Kier molecular flexibility index (Phi) is 9.90. The van der Waals surface area contributed by atoms with E-state index in [1.54, 1.807) is 11.0 Å². The molecule has 1 saturated heterocycles. The topological polar surface area (TPSA) is 88.5 Å². The number of carbonyl (C=O) groups is 2. The van der Waals surface area contributed by atoms with Gasteiger partial charge in [0.15, 0.2) is 11.5 Å². The molecular formula is C36H42N2O6. The first-order valence-corrected chi connectivity index (χ1v) is 15.6. The van der Waals surface area contributed by atoms with Gasteiger partial charge in [-0.05, 0) is 86.9 Å². The maximum absolute atomic E-state index is 13.6. The minimum Gasteiger partial charge on any atom is -0.507 e. The predicted octanol–water partition coefficient (Wildman–Crippen LogP) is 6.14. The highest BCUT2D eigenvalue weighted by Crippen LogP contribution is 2.43. The number of likely N-dealkylation sites (tertiary alicyclic amines) is 1. The molecule has 0 aromatic heterocycles. The second kappa shape index (κ2) is 14.0. The number of aliphatic hydroxyl groups is 1. The third-order valence-corrected chi connectivity index (χ3v) is 8.30. The summed E-state index contributed by atoms with van der Waals surface area (Å²) < 4.78 is 17.9. The number of amides is 1. The molecule has 8 heteroatoms. The van der Waals surface area contributed by atoms with Gasteiger partial charge in [-0.2, -0.15) is 0 Å². The Morgan fingerprint density at radius 3 is 2.48 bits per heavy atom. The minimum atomic E-state index is -0.780. The third-order valence-electron chi connectivity index (χ3n) is 8.30. The van der Waals surface area contributed by atoms with E-state index in [9.17, 15) is 14.7 Å². The fourth-order valence-electron chi connectivity index (χ4n) is 6.00. The molecule has 1 fully saturated rings. The maximum Gasteiger partial charge on any atom is 0.295 e. The van der Waals surface area contributed by atoms with Crippen LogP contribution in [-0.4, -0.2) is 65.5 Å². The van der Waals surface area contributed by atoms with Gasteiger partial charge in [-0.3, -0.25) is 9.59 Å². The molecule has 0 bridgehead atoms. The number of carbonyl (C=O) groups excluding carboxylic acids is 2. The van der Waals surface area contributed by atoms with Gasteiger partial charge in [0, 0.05) is 18.5 Å². The zero-order chi connectivity index (χ0) is 31.2. The molecule has 232 valence electrons. The zero-order valence-electron chi connectivity index (χ0n) is 26.0. The molecule has 0 spiro atoms. The summed E-state index contributed by atoms with van der Waals surface area (Å²) in [5.41, 5.74) is 3.22. The number of nitrogens with zero attached hydrogens (tertiary/aromatic N) is 2. The van der Waals surface area contributed by atoms with Crippen LogP contribution in [0.25, 0.3) is 5.76 Å². The quantitative estimate of drug-likeness (QED) is 0.144. The molecule has 0 saturated carbocycles. The molecule has 2 aliphatic heterocycles. The third kappa shape index (κ3) is 6.60. The lowest BCUT2D eigenvalue weighted by atomic mass is 9.94. The van der Waals surface area contributed by atoms with Gasteiger partial charge in [0.05, 0.1) is 18.2 Å². The average molecular weight is 599 g/mol. The Labute approximate surface area is 259 Å². The smallest absolute Gasteiger partial charge is 0.295 e. The first kappa shape index (κ1) is 31.1. The van der Waals surface area contributed by atoms with Crippen LogP contribution in [0.4, 0.5) is 0 Å². The number of ketones is 1. The molecular weight excluding hydrogens is 556 g/mol. The van der Waals surface area contributed by atoms with E-state index in [0.29, 0.717) is 55.2 Å². The summed E-state index contributed by atoms with van der Waals surface area (Å²) in [5.74, 6) is 0.350.